The van der Waals surface area contributed by atoms with Crippen LogP contribution in [0.4, 0.5) is 0 Å². The molecular weight excluding hydrogens is 911 g/mol. The Labute approximate surface area is 401 Å². The normalized spacial score (nSPS) is 24.2. The van der Waals surface area contributed by atoms with Crippen LogP contribution in [0.5, 0.6) is 0 Å². The highest BCUT2D eigenvalue weighted by Crippen LogP contribution is 2.11. The van der Waals surface area contributed by atoms with E-state index < -0.39 is 159 Å². The molecule has 0 aromatic heterocycles. The molecule has 0 saturated carbocycles. The van der Waals surface area contributed by atoms with E-state index in [0.29, 0.717) is 6.42 Å². The second kappa shape index (κ2) is 34.3. The Morgan fingerprint density at radius 2 is 1.20 bits per heavy atom. The van der Waals surface area contributed by atoms with Crippen molar-refractivity contribution >= 4 is 65.0 Å². The van der Waals surface area contributed by atoms with Gasteiger partial charge in [-0.15, -0.1) is 0 Å². The maximum absolute atomic E-state index is 13.6. The van der Waals surface area contributed by atoms with Gasteiger partial charge in [-0.1, -0.05) is 58.3 Å². The summed E-state index contributed by atoms with van der Waals surface area (Å²) in [4.78, 5) is 143. The SMILES string of the molecule is CCCCCCCCCCCOC(=O)CC1CNC(=O)CNC(=O)C(C(C)O)NC(=O)C(CC(N)=O)NC(=O)C(CO)NC(=O)C(CO)NC(=O)CCNC(=O)C(CCCN)NC(=O)C(C)NC1=O. The van der Waals surface area contributed by atoms with Gasteiger partial charge in [0.25, 0.3) is 0 Å². The van der Waals surface area contributed by atoms with Gasteiger partial charge in [0, 0.05) is 19.5 Å². The third-order valence-electron chi connectivity index (χ3n) is 10.7. The van der Waals surface area contributed by atoms with Gasteiger partial charge in [-0.05, 0) is 39.7 Å². The zero-order chi connectivity index (χ0) is 51.9. The summed E-state index contributed by atoms with van der Waals surface area (Å²) in [5.41, 5.74) is 10.9. The molecule has 0 radical (unpaired) electrons. The number of aliphatic hydroxyl groups excluding tert-OH is 3. The molecule has 10 amide bonds. The van der Waals surface area contributed by atoms with Gasteiger partial charge in [0.05, 0.1) is 51.2 Å². The molecule has 0 aliphatic carbocycles. The third-order valence-corrected chi connectivity index (χ3v) is 10.7. The van der Waals surface area contributed by atoms with Gasteiger partial charge in [-0.2, -0.15) is 0 Å². The van der Waals surface area contributed by atoms with Gasteiger partial charge in [-0.3, -0.25) is 52.7 Å². The number of carbonyl (C=O) groups excluding carboxylic acids is 11. The van der Waals surface area contributed by atoms with Crippen LogP contribution in [0.2, 0.25) is 0 Å². The fourth-order valence-electron chi connectivity index (χ4n) is 6.67. The van der Waals surface area contributed by atoms with E-state index in [1.54, 1.807) is 0 Å². The molecule has 8 unspecified atom stereocenters. The number of nitrogens with one attached hydrogen (secondary N) is 9. The molecule has 0 spiro atoms. The van der Waals surface area contributed by atoms with Gasteiger partial charge < -0.3 is 79.4 Å². The first kappa shape index (κ1) is 61.0. The molecule has 0 aromatic carbocycles. The minimum atomic E-state index is -1.86. The van der Waals surface area contributed by atoms with Crippen molar-refractivity contribution in [3.8, 4) is 0 Å². The molecule has 1 aliphatic rings. The van der Waals surface area contributed by atoms with Gasteiger partial charge >= 0.3 is 5.97 Å². The number of carbonyl (C=O) groups is 11. The largest absolute Gasteiger partial charge is 0.466 e. The van der Waals surface area contributed by atoms with Crippen molar-refractivity contribution < 1.29 is 72.8 Å². The highest BCUT2D eigenvalue weighted by Gasteiger charge is 2.34. The lowest BCUT2D eigenvalue weighted by atomic mass is 10.0. The summed E-state index contributed by atoms with van der Waals surface area (Å²) < 4.78 is 5.38. The van der Waals surface area contributed by atoms with Crippen LogP contribution < -0.4 is 59.3 Å². The maximum atomic E-state index is 13.6. The Bertz CT molecular complexity index is 1720. The van der Waals surface area contributed by atoms with Gasteiger partial charge in [0.15, 0.2) is 0 Å². The number of hydrogen-bond acceptors (Lipinski definition) is 16. The van der Waals surface area contributed by atoms with Crippen LogP contribution >= 0.6 is 0 Å². The second-order valence-corrected chi connectivity index (χ2v) is 16.7. The van der Waals surface area contributed by atoms with Crippen molar-refractivity contribution in [1.29, 1.82) is 0 Å². The Morgan fingerprint density at radius 1 is 0.638 bits per heavy atom. The number of esters is 1. The van der Waals surface area contributed by atoms with Crippen LogP contribution in [-0.4, -0.2) is 169 Å². The Balaban J connectivity index is 3.41. The molecule has 26 nitrogen and oxygen atoms in total. The number of hydrogen-bond donors (Lipinski definition) is 14. The van der Waals surface area contributed by atoms with E-state index in [4.69, 9.17) is 16.2 Å². The molecule has 69 heavy (non-hydrogen) atoms. The fourth-order valence-corrected chi connectivity index (χ4v) is 6.67. The molecule has 0 aromatic rings. The molecule has 1 aliphatic heterocycles. The molecule has 26 heteroatoms. The van der Waals surface area contributed by atoms with E-state index in [0.717, 1.165) is 45.4 Å². The summed E-state index contributed by atoms with van der Waals surface area (Å²) in [6.45, 7) is 1.02. The number of primary amides is 1. The maximum Gasteiger partial charge on any atom is 0.306 e. The molecule has 1 heterocycles. The van der Waals surface area contributed by atoms with Crippen LogP contribution in [0.1, 0.15) is 111 Å². The summed E-state index contributed by atoms with van der Waals surface area (Å²) in [5, 5.41) is 50.8. The molecule has 0 bridgehead atoms. The molecule has 392 valence electrons. The summed E-state index contributed by atoms with van der Waals surface area (Å²) in [6.07, 6.45) is 6.00. The van der Waals surface area contributed by atoms with E-state index in [-0.39, 0.29) is 32.5 Å². The predicted octanol–water partition coefficient (Wildman–Crippen LogP) is -5.27. The highest BCUT2D eigenvalue weighted by molar-refractivity contribution is 5.98. The summed E-state index contributed by atoms with van der Waals surface area (Å²) in [6, 6.07) is -9.74. The highest BCUT2D eigenvalue weighted by atomic mass is 16.5. The Morgan fingerprint density at radius 3 is 1.78 bits per heavy atom. The first-order valence-corrected chi connectivity index (χ1v) is 23.4. The van der Waals surface area contributed by atoms with E-state index in [1.165, 1.54) is 19.8 Å². The number of aliphatic hydroxyl groups is 3. The summed E-state index contributed by atoms with van der Waals surface area (Å²) >= 11 is 0. The molecule has 8 atom stereocenters. The number of unbranched alkanes of at least 4 members (excludes halogenated alkanes) is 8. The molecular formula is C43H75N11O15. The van der Waals surface area contributed by atoms with Crippen molar-refractivity contribution in [3.05, 3.63) is 0 Å². The van der Waals surface area contributed by atoms with Crippen molar-refractivity contribution in [1.82, 2.24) is 47.9 Å². The number of amides is 10. The van der Waals surface area contributed by atoms with E-state index >= 15 is 0 Å². The zero-order valence-corrected chi connectivity index (χ0v) is 39.9. The number of nitrogens with two attached hydrogens (primary N) is 2. The van der Waals surface area contributed by atoms with E-state index in [1.807, 2.05) is 0 Å². The van der Waals surface area contributed by atoms with Crippen molar-refractivity contribution in [2.24, 2.45) is 17.4 Å². The summed E-state index contributed by atoms with van der Waals surface area (Å²) in [7, 11) is 0. The van der Waals surface area contributed by atoms with Gasteiger partial charge in [-0.25, -0.2) is 0 Å². The second-order valence-electron chi connectivity index (χ2n) is 16.7. The lowest BCUT2D eigenvalue weighted by molar-refractivity contribution is -0.147. The standard InChI is InChI=1S/C43H75N11O15/c1-4-5-6-7-8-9-10-11-12-18-69-35(61)19-27-21-47-34(60)22-48-43(68)36(26(3)57)54-40(65)29(20-32(45)58)52-42(67)31(24-56)53-41(66)30(23-55)50-33(59)15-17-46-39(64)28(14-13-16-44)51-37(62)25(2)49-38(27)63/h25-31,36,55-57H,4-24,44H2,1-3H3,(H2,45,58)(H,46,64)(H,47,60)(H,48,68)(H,49,63)(H,50,59)(H,51,62)(H,52,67)(H,53,66)(H,54,65). The van der Waals surface area contributed by atoms with Crippen LogP contribution in [0.3, 0.4) is 0 Å². The molecule has 1 rings (SSSR count). The predicted molar refractivity (Wildman–Crippen MR) is 245 cm³/mol. The minimum Gasteiger partial charge on any atom is -0.466 e. The van der Waals surface area contributed by atoms with Crippen LogP contribution in [0, 0.1) is 5.92 Å². The fraction of sp³-hybridized carbons (Fsp3) is 0.744. The smallest absolute Gasteiger partial charge is 0.306 e. The third kappa shape index (κ3) is 25.3. The first-order valence-electron chi connectivity index (χ1n) is 23.4. The Hall–Kier alpha value is -5.99. The van der Waals surface area contributed by atoms with Gasteiger partial charge in [0.2, 0.25) is 59.1 Å². The van der Waals surface area contributed by atoms with E-state index in [2.05, 4.69) is 54.8 Å². The van der Waals surface area contributed by atoms with Crippen molar-refractivity contribution in [2.45, 2.75) is 153 Å². The number of ether oxygens (including phenoxy) is 1. The minimum absolute atomic E-state index is 0.0365. The molecule has 1 fully saturated rings. The lowest BCUT2D eigenvalue weighted by Gasteiger charge is -2.26. The first-order chi connectivity index (χ1) is 32.8. The zero-order valence-electron chi connectivity index (χ0n) is 39.9. The number of rotatable bonds is 20. The topological polar surface area (TPSA) is 418 Å². The van der Waals surface area contributed by atoms with Crippen molar-refractivity contribution in [2.75, 3.05) is 46.0 Å². The van der Waals surface area contributed by atoms with Crippen LogP contribution in [0.15, 0.2) is 0 Å². The quantitative estimate of drug-likeness (QED) is 0.0400. The average Bonchev–Trinajstić information content (AvgIpc) is 3.30. The molecule has 1 saturated heterocycles. The monoisotopic (exact) mass is 986 g/mol. The average molecular weight is 986 g/mol. The van der Waals surface area contributed by atoms with Crippen LogP contribution in [-0.2, 0) is 57.5 Å². The van der Waals surface area contributed by atoms with Crippen molar-refractivity contribution in [3.63, 3.8) is 0 Å². The van der Waals surface area contributed by atoms with Gasteiger partial charge in [0.1, 0.15) is 36.3 Å². The molecule has 16 N–H and O–H groups in total. The van der Waals surface area contributed by atoms with E-state index in [9.17, 15) is 68.1 Å². The Kier molecular flexibility index (Phi) is 30.4. The lowest BCUT2D eigenvalue weighted by Crippen LogP contribution is -2.61. The summed E-state index contributed by atoms with van der Waals surface area (Å²) in [5.74, 6) is -12.3. The van der Waals surface area contributed by atoms with Crippen LogP contribution in [0.25, 0.3) is 0 Å².